The highest BCUT2D eigenvalue weighted by Crippen LogP contribution is 2.07. The van der Waals surface area contributed by atoms with Crippen LogP contribution in [0.1, 0.15) is 5.56 Å². The fourth-order valence-electron chi connectivity index (χ4n) is 2.57. The molecular weight excluding hydrogens is 306 g/mol. The van der Waals surface area contributed by atoms with E-state index in [-0.39, 0.29) is 6.03 Å². The van der Waals surface area contributed by atoms with Crippen LogP contribution in [-0.4, -0.2) is 60.1 Å². The lowest BCUT2D eigenvalue weighted by molar-refractivity contribution is 0.0387. The molecule has 0 unspecified atom stereocenters. The van der Waals surface area contributed by atoms with Crippen LogP contribution in [0, 0.1) is 0 Å². The van der Waals surface area contributed by atoms with Crippen molar-refractivity contribution in [2.75, 3.05) is 39.4 Å². The molecule has 128 valence electrons. The van der Waals surface area contributed by atoms with Gasteiger partial charge in [0.2, 0.25) is 0 Å². The highest BCUT2D eigenvalue weighted by Gasteiger charge is 2.10. The number of para-hydroxylation sites is 1. The molecule has 1 fully saturated rings. The minimum atomic E-state index is -0.157. The zero-order valence-corrected chi connectivity index (χ0v) is 13.6. The quantitative estimate of drug-likeness (QED) is 0.829. The van der Waals surface area contributed by atoms with Gasteiger partial charge in [0.05, 0.1) is 25.1 Å². The van der Waals surface area contributed by atoms with E-state index in [4.69, 9.17) is 4.74 Å². The predicted octanol–water partition coefficient (Wildman–Crippen LogP) is 1.00. The van der Waals surface area contributed by atoms with Gasteiger partial charge in [0.1, 0.15) is 0 Å². The van der Waals surface area contributed by atoms with Crippen molar-refractivity contribution in [3.05, 3.63) is 48.3 Å². The number of urea groups is 1. The number of carbonyl (C=O) groups is 1. The molecular formula is C17H23N5O2. The van der Waals surface area contributed by atoms with Gasteiger partial charge < -0.3 is 15.4 Å². The summed E-state index contributed by atoms with van der Waals surface area (Å²) >= 11 is 0. The largest absolute Gasteiger partial charge is 0.379 e. The van der Waals surface area contributed by atoms with Crippen LogP contribution < -0.4 is 10.6 Å². The van der Waals surface area contributed by atoms with E-state index in [1.54, 1.807) is 10.9 Å². The molecule has 2 amide bonds. The molecule has 1 aromatic carbocycles. The monoisotopic (exact) mass is 329 g/mol. The molecule has 7 nitrogen and oxygen atoms in total. The number of nitrogens with zero attached hydrogens (tertiary/aromatic N) is 3. The first-order valence-electron chi connectivity index (χ1n) is 8.22. The number of nitrogens with one attached hydrogen (secondary N) is 2. The number of hydrogen-bond donors (Lipinski definition) is 2. The lowest BCUT2D eigenvalue weighted by Crippen LogP contribution is -2.43. The predicted molar refractivity (Wildman–Crippen MR) is 91.1 cm³/mol. The highest BCUT2D eigenvalue weighted by atomic mass is 16.5. The van der Waals surface area contributed by atoms with Gasteiger partial charge >= 0.3 is 6.03 Å². The van der Waals surface area contributed by atoms with Gasteiger partial charge in [-0.1, -0.05) is 18.2 Å². The minimum Gasteiger partial charge on any atom is -0.379 e. The van der Waals surface area contributed by atoms with Crippen LogP contribution in [0.3, 0.4) is 0 Å². The Kier molecular flexibility index (Phi) is 5.81. The van der Waals surface area contributed by atoms with Crippen molar-refractivity contribution >= 4 is 6.03 Å². The molecule has 7 heteroatoms. The molecule has 1 aliphatic rings. The molecule has 0 atom stereocenters. The molecule has 0 aliphatic carbocycles. The van der Waals surface area contributed by atoms with Crippen LogP contribution in [0.2, 0.25) is 0 Å². The summed E-state index contributed by atoms with van der Waals surface area (Å²) in [6.45, 7) is 5.35. The van der Waals surface area contributed by atoms with E-state index in [9.17, 15) is 4.79 Å². The summed E-state index contributed by atoms with van der Waals surface area (Å²) < 4.78 is 7.10. The Bertz CT molecular complexity index is 637. The molecule has 3 rings (SSSR count). The van der Waals surface area contributed by atoms with E-state index in [2.05, 4.69) is 20.6 Å². The number of morpholine rings is 1. The lowest BCUT2D eigenvalue weighted by Gasteiger charge is -2.26. The fraction of sp³-hybridized carbons (Fsp3) is 0.412. The van der Waals surface area contributed by atoms with Crippen molar-refractivity contribution in [2.45, 2.75) is 6.54 Å². The van der Waals surface area contributed by atoms with Crippen molar-refractivity contribution in [3.8, 4) is 5.69 Å². The van der Waals surface area contributed by atoms with Gasteiger partial charge in [-0.05, 0) is 12.1 Å². The SMILES string of the molecule is O=C(NCCN1CCOCC1)NCc1cnn(-c2ccccc2)c1. The Morgan fingerprint density at radius 2 is 1.96 bits per heavy atom. The fourth-order valence-corrected chi connectivity index (χ4v) is 2.57. The van der Waals surface area contributed by atoms with E-state index in [1.807, 2.05) is 36.5 Å². The second-order valence-corrected chi connectivity index (χ2v) is 5.69. The summed E-state index contributed by atoms with van der Waals surface area (Å²) in [4.78, 5) is 14.1. The number of ether oxygens (including phenoxy) is 1. The van der Waals surface area contributed by atoms with Crippen LogP contribution in [0.25, 0.3) is 5.69 Å². The van der Waals surface area contributed by atoms with Gasteiger partial charge in [-0.2, -0.15) is 5.10 Å². The summed E-state index contributed by atoms with van der Waals surface area (Å²) in [5.74, 6) is 0. The number of amides is 2. The molecule has 2 aromatic rings. The smallest absolute Gasteiger partial charge is 0.315 e. The number of benzene rings is 1. The third-order valence-corrected chi connectivity index (χ3v) is 3.93. The Labute approximate surface area is 141 Å². The summed E-state index contributed by atoms with van der Waals surface area (Å²) in [5.41, 5.74) is 1.96. The van der Waals surface area contributed by atoms with Crippen molar-refractivity contribution in [2.24, 2.45) is 0 Å². The van der Waals surface area contributed by atoms with Crippen LogP contribution in [0.4, 0.5) is 4.79 Å². The van der Waals surface area contributed by atoms with Crippen molar-refractivity contribution in [1.82, 2.24) is 25.3 Å². The summed E-state index contributed by atoms with van der Waals surface area (Å²) in [5, 5.41) is 10.0. The third kappa shape index (κ3) is 4.81. The van der Waals surface area contributed by atoms with E-state index in [0.717, 1.165) is 44.1 Å². The maximum absolute atomic E-state index is 11.8. The standard InChI is InChI=1S/C17H23N5O2/c23-17(18-6-7-21-8-10-24-11-9-21)19-12-15-13-20-22(14-15)16-4-2-1-3-5-16/h1-5,13-14H,6-12H2,(H2,18,19,23). The molecule has 1 aliphatic heterocycles. The van der Waals surface area contributed by atoms with Crippen molar-refractivity contribution in [3.63, 3.8) is 0 Å². The number of carbonyl (C=O) groups excluding carboxylic acids is 1. The number of aromatic nitrogens is 2. The Morgan fingerprint density at radius 1 is 1.17 bits per heavy atom. The van der Waals surface area contributed by atoms with Crippen molar-refractivity contribution in [1.29, 1.82) is 0 Å². The summed E-state index contributed by atoms with van der Waals surface area (Å²) in [6, 6.07) is 9.73. The summed E-state index contributed by atoms with van der Waals surface area (Å²) in [7, 11) is 0. The van der Waals surface area contributed by atoms with Crippen LogP contribution >= 0.6 is 0 Å². The number of rotatable bonds is 6. The molecule has 1 saturated heterocycles. The first kappa shape index (κ1) is 16.5. The van der Waals surface area contributed by atoms with Gasteiger partial charge in [0.15, 0.2) is 0 Å². The van der Waals surface area contributed by atoms with E-state index < -0.39 is 0 Å². The zero-order valence-electron chi connectivity index (χ0n) is 13.6. The van der Waals surface area contributed by atoms with E-state index in [1.165, 1.54) is 0 Å². The highest BCUT2D eigenvalue weighted by molar-refractivity contribution is 5.73. The third-order valence-electron chi connectivity index (χ3n) is 3.93. The lowest BCUT2D eigenvalue weighted by atomic mass is 10.3. The van der Waals surface area contributed by atoms with Crippen molar-refractivity contribution < 1.29 is 9.53 Å². The van der Waals surface area contributed by atoms with Gasteiger partial charge in [-0.15, -0.1) is 0 Å². The Morgan fingerprint density at radius 3 is 2.75 bits per heavy atom. The van der Waals surface area contributed by atoms with Gasteiger partial charge in [0.25, 0.3) is 0 Å². The Balaban J connectivity index is 1.38. The number of hydrogen-bond acceptors (Lipinski definition) is 4. The molecule has 2 N–H and O–H groups in total. The van der Waals surface area contributed by atoms with Gasteiger partial charge in [0, 0.05) is 44.5 Å². The molecule has 0 radical (unpaired) electrons. The second-order valence-electron chi connectivity index (χ2n) is 5.69. The topological polar surface area (TPSA) is 71.4 Å². The minimum absolute atomic E-state index is 0.157. The van der Waals surface area contributed by atoms with Gasteiger partial charge in [-0.3, -0.25) is 4.90 Å². The second kappa shape index (κ2) is 8.47. The zero-order chi connectivity index (χ0) is 16.6. The van der Waals surface area contributed by atoms with E-state index >= 15 is 0 Å². The molecule has 0 spiro atoms. The average molecular weight is 329 g/mol. The van der Waals surface area contributed by atoms with Gasteiger partial charge in [-0.25, -0.2) is 9.48 Å². The molecule has 0 saturated carbocycles. The molecule has 24 heavy (non-hydrogen) atoms. The molecule has 1 aromatic heterocycles. The maximum atomic E-state index is 11.8. The van der Waals surface area contributed by atoms with E-state index in [0.29, 0.717) is 13.1 Å². The van der Waals surface area contributed by atoms with Crippen LogP contribution in [0.15, 0.2) is 42.7 Å². The normalized spacial score (nSPS) is 15.2. The first-order chi connectivity index (χ1) is 11.8. The van der Waals surface area contributed by atoms with Crippen LogP contribution in [-0.2, 0) is 11.3 Å². The first-order valence-corrected chi connectivity index (χ1v) is 8.22. The average Bonchev–Trinajstić information content (AvgIpc) is 3.11. The van der Waals surface area contributed by atoms with Crippen LogP contribution in [0.5, 0.6) is 0 Å². The maximum Gasteiger partial charge on any atom is 0.315 e. The molecule has 2 heterocycles. The Hall–Kier alpha value is -2.38. The summed E-state index contributed by atoms with van der Waals surface area (Å²) in [6.07, 6.45) is 3.68. The molecule has 0 bridgehead atoms.